The molecule has 0 saturated heterocycles. The van der Waals surface area contributed by atoms with Gasteiger partial charge in [-0.2, -0.15) is 0 Å². The summed E-state index contributed by atoms with van der Waals surface area (Å²) in [4.78, 5) is 11.9. The maximum absolute atomic E-state index is 12.9. The van der Waals surface area contributed by atoms with Crippen molar-refractivity contribution in [2.45, 2.75) is 0 Å². The molecule has 0 amide bonds. The Labute approximate surface area is 102 Å². The Morgan fingerprint density at radius 1 is 1.41 bits per heavy atom. The maximum Gasteiger partial charge on any atom is 0.227 e. The molecular weight excluding hydrogens is 241 g/mol. The first-order valence-corrected chi connectivity index (χ1v) is 5.06. The van der Waals surface area contributed by atoms with E-state index in [-0.39, 0.29) is 10.9 Å². The van der Waals surface area contributed by atoms with Crippen LogP contribution in [0.2, 0.25) is 0 Å². The van der Waals surface area contributed by atoms with Gasteiger partial charge in [0.05, 0.1) is 18.1 Å². The van der Waals surface area contributed by atoms with Gasteiger partial charge in [0.25, 0.3) is 0 Å². The Kier molecular flexibility index (Phi) is 3.20. The molecule has 86 valence electrons. The largest absolute Gasteiger partial charge is 0.388 e. The molecule has 0 aliphatic rings. The summed E-state index contributed by atoms with van der Waals surface area (Å²) in [7, 11) is 0. The Hall–Kier alpha value is -2.15. The van der Waals surface area contributed by atoms with Gasteiger partial charge in [0, 0.05) is 12.3 Å². The number of aromatic nitrogens is 3. The molecule has 17 heavy (non-hydrogen) atoms. The topological polar surface area (TPSA) is 76.7 Å². The van der Waals surface area contributed by atoms with Crippen molar-refractivity contribution in [1.29, 1.82) is 0 Å². The van der Waals surface area contributed by atoms with E-state index in [9.17, 15) is 4.39 Å². The molecule has 0 bridgehead atoms. The summed E-state index contributed by atoms with van der Waals surface area (Å²) in [5.74, 6) is -0.164. The van der Waals surface area contributed by atoms with E-state index in [4.69, 9.17) is 18.0 Å². The standard InChI is InChI=1S/C10H8FN5S/c11-6-3-7(5-13-4-6)15-10-14-2-1-8(16-10)9(12)17/h1-5H,(H2,12,17)(H,14,15,16). The van der Waals surface area contributed by atoms with Gasteiger partial charge in [-0.05, 0) is 6.07 Å². The average molecular weight is 249 g/mol. The summed E-state index contributed by atoms with van der Waals surface area (Å²) < 4.78 is 12.9. The van der Waals surface area contributed by atoms with Crippen molar-refractivity contribution in [3.05, 3.63) is 42.2 Å². The third kappa shape index (κ3) is 2.91. The number of nitrogens with one attached hydrogen (secondary N) is 1. The van der Waals surface area contributed by atoms with Crippen LogP contribution in [0.3, 0.4) is 0 Å². The van der Waals surface area contributed by atoms with Crippen LogP contribution < -0.4 is 11.1 Å². The van der Waals surface area contributed by atoms with Gasteiger partial charge in [-0.3, -0.25) is 4.98 Å². The quantitative estimate of drug-likeness (QED) is 0.800. The van der Waals surface area contributed by atoms with Crippen molar-refractivity contribution in [3.8, 4) is 0 Å². The third-order valence-corrected chi connectivity index (χ3v) is 2.08. The van der Waals surface area contributed by atoms with E-state index in [1.807, 2.05) is 0 Å². The number of hydrogen-bond donors (Lipinski definition) is 2. The van der Waals surface area contributed by atoms with Crippen LogP contribution >= 0.6 is 12.2 Å². The molecule has 3 N–H and O–H groups in total. The molecule has 2 aromatic rings. The molecular formula is C10H8FN5S. The molecule has 0 fully saturated rings. The minimum absolute atomic E-state index is 0.174. The smallest absolute Gasteiger partial charge is 0.227 e. The summed E-state index contributed by atoms with van der Waals surface area (Å²) in [5.41, 5.74) is 6.34. The lowest BCUT2D eigenvalue weighted by Crippen LogP contribution is -2.12. The first-order chi connectivity index (χ1) is 8.15. The number of anilines is 2. The van der Waals surface area contributed by atoms with Gasteiger partial charge < -0.3 is 11.1 Å². The van der Waals surface area contributed by atoms with Gasteiger partial charge in [0.1, 0.15) is 16.5 Å². The summed E-state index contributed by atoms with van der Waals surface area (Å²) in [6.07, 6.45) is 4.08. The molecule has 0 aliphatic heterocycles. The molecule has 0 atom stereocenters. The Balaban J connectivity index is 2.24. The average Bonchev–Trinajstić information content (AvgIpc) is 2.29. The van der Waals surface area contributed by atoms with Crippen molar-refractivity contribution < 1.29 is 4.39 Å². The second kappa shape index (κ2) is 4.79. The summed E-state index contributed by atoms with van der Waals surface area (Å²) in [6.45, 7) is 0. The molecule has 0 aliphatic carbocycles. The van der Waals surface area contributed by atoms with Crippen LogP contribution in [0.25, 0.3) is 0 Å². The number of nitrogens with two attached hydrogens (primary N) is 1. The highest BCUT2D eigenvalue weighted by Crippen LogP contribution is 2.12. The SMILES string of the molecule is NC(=S)c1ccnc(Nc2cncc(F)c2)n1. The fourth-order valence-electron chi connectivity index (χ4n) is 1.17. The number of pyridine rings is 1. The molecule has 2 heterocycles. The van der Waals surface area contributed by atoms with Gasteiger partial charge in [-0.15, -0.1) is 0 Å². The summed E-state index contributed by atoms with van der Waals surface area (Å²) in [6, 6.07) is 2.88. The van der Waals surface area contributed by atoms with Crippen LogP contribution in [-0.4, -0.2) is 19.9 Å². The maximum atomic E-state index is 12.9. The zero-order chi connectivity index (χ0) is 12.3. The first-order valence-electron chi connectivity index (χ1n) is 4.65. The van der Waals surface area contributed by atoms with Gasteiger partial charge in [0.15, 0.2) is 0 Å². The van der Waals surface area contributed by atoms with Gasteiger partial charge in [-0.1, -0.05) is 12.2 Å². The van der Waals surface area contributed by atoms with Gasteiger partial charge in [0.2, 0.25) is 5.95 Å². The molecule has 0 unspecified atom stereocenters. The zero-order valence-corrected chi connectivity index (χ0v) is 9.41. The third-order valence-electron chi connectivity index (χ3n) is 1.87. The van der Waals surface area contributed by atoms with E-state index in [1.54, 1.807) is 6.07 Å². The van der Waals surface area contributed by atoms with E-state index in [1.165, 1.54) is 18.5 Å². The zero-order valence-electron chi connectivity index (χ0n) is 8.59. The number of nitrogens with zero attached hydrogens (tertiary/aromatic N) is 3. The second-order valence-corrected chi connectivity index (χ2v) is 3.59. The lowest BCUT2D eigenvalue weighted by atomic mass is 10.4. The highest BCUT2D eigenvalue weighted by molar-refractivity contribution is 7.80. The van der Waals surface area contributed by atoms with E-state index in [0.717, 1.165) is 6.20 Å². The predicted molar refractivity (Wildman–Crippen MR) is 65.4 cm³/mol. The van der Waals surface area contributed by atoms with E-state index in [0.29, 0.717) is 11.4 Å². The van der Waals surface area contributed by atoms with Crippen LogP contribution in [0.15, 0.2) is 30.7 Å². The minimum atomic E-state index is -0.444. The van der Waals surface area contributed by atoms with E-state index < -0.39 is 5.82 Å². The number of thiocarbonyl (C=S) groups is 1. The molecule has 5 nitrogen and oxygen atoms in total. The van der Waals surface area contributed by atoms with Crippen LogP contribution in [-0.2, 0) is 0 Å². The first kappa shape index (κ1) is 11.3. The Bertz CT molecular complexity index is 560. The fraction of sp³-hybridized carbons (Fsp3) is 0. The van der Waals surface area contributed by atoms with E-state index >= 15 is 0 Å². The normalized spacial score (nSPS) is 9.94. The number of hydrogen-bond acceptors (Lipinski definition) is 5. The van der Waals surface area contributed by atoms with Crippen LogP contribution in [0.1, 0.15) is 5.69 Å². The number of halogens is 1. The highest BCUT2D eigenvalue weighted by Gasteiger charge is 2.02. The Morgan fingerprint density at radius 2 is 2.24 bits per heavy atom. The predicted octanol–water partition coefficient (Wildman–Crippen LogP) is 1.39. The van der Waals surface area contributed by atoms with Crippen molar-refractivity contribution in [1.82, 2.24) is 15.0 Å². The lowest BCUT2D eigenvalue weighted by Gasteiger charge is -2.05. The highest BCUT2D eigenvalue weighted by atomic mass is 32.1. The molecule has 0 spiro atoms. The van der Waals surface area contributed by atoms with Crippen LogP contribution in [0.4, 0.5) is 16.0 Å². The molecule has 0 saturated carbocycles. The number of rotatable bonds is 3. The van der Waals surface area contributed by atoms with Crippen LogP contribution in [0, 0.1) is 5.82 Å². The summed E-state index contributed by atoms with van der Waals surface area (Å²) in [5, 5.41) is 2.80. The molecule has 0 aromatic carbocycles. The molecule has 2 rings (SSSR count). The lowest BCUT2D eigenvalue weighted by molar-refractivity contribution is 0.622. The molecule has 2 aromatic heterocycles. The second-order valence-electron chi connectivity index (χ2n) is 3.15. The minimum Gasteiger partial charge on any atom is -0.388 e. The fourth-order valence-corrected chi connectivity index (χ4v) is 1.28. The van der Waals surface area contributed by atoms with E-state index in [2.05, 4.69) is 20.3 Å². The molecule has 7 heteroatoms. The van der Waals surface area contributed by atoms with Crippen molar-refractivity contribution >= 4 is 28.8 Å². The Morgan fingerprint density at radius 3 is 2.94 bits per heavy atom. The molecule has 0 radical (unpaired) electrons. The summed E-state index contributed by atoms with van der Waals surface area (Å²) >= 11 is 4.79. The monoisotopic (exact) mass is 249 g/mol. The van der Waals surface area contributed by atoms with Gasteiger partial charge in [-0.25, -0.2) is 14.4 Å². The van der Waals surface area contributed by atoms with Crippen LogP contribution in [0.5, 0.6) is 0 Å². The van der Waals surface area contributed by atoms with Crippen molar-refractivity contribution in [3.63, 3.8) is 0 Å². The van der Waals surface area contributed by atoms with Crippen molar-refractivity contribution in [2.24, 2.45) is 5.73 Å². The van der Waals surface area contributed by atoms with Gasteiger partial charge >= 0.3 is 0 Å². The van der Waals surface area contributed by atoms with Crippen molar-refractivity contribution in [2.75, 3.05) is 5.32 Å².